The van der Waals surface area contributed by atoms with Crippen molar-refractivity contribution in [2.45, 2.75) is 78.7 Å². The Morgan fingerprint density at radius 3 is 2.58 bits per heavy atom. The maximum absolute atomic E-state index is 3.65. The lowest BCUT2D eigenvalue weighted by Crippen LogP contribution is -2.36. The Hall–Kier alpha value is -0.480. The second-order valence-corrected chi connectivity index (χ2v) is 6.52. The molecule has 0 aromatic carbocycles. The van der Waals surface area contributed by atoms with Crippen molar-refractivity contribution in [1.82, 2.24) is 5.32 Å². The number of rotatable bonds is 7. The fraction of sp³-hybridized carbons (Fsp3) is 0.889. The summed E-state index contributed by atoms with van der Waals surface area (Å²) >= 11 is 0. The topological polar surface area (TPSA) is 12.0 Å². The van der Waals surface area contributed by atoms with Crippen LogP contribution in [0.1, 0.15) is 72.6 Å². The Bertz CT molecular complexity index is 284. The molecule has 1 N–H and O–H groups in total. The Balaban J connectivity index is 2.48. The normalized spacial score (nSPS) is 27.1. The summed E-state index contributed by atoms with van der Waals surface area (Å²) in [5.74, 6) is 9.07. The van der Waals surface area contributed by atoms with Crippen molar-refractivity contribution in [2.75, 3.05) is 6.54 Å². The first-order chi connectivity index (χ1) is 9.17. The first kappa shape index (κ1) is 16.6. The highest BCUT2D eigenvalue weighted by Gasteiger charge is 2.29. The fourth-order valence-corrected chi connectivity index (χ4v) is 3.49. The minimum atomic E-state index is 0.615. The van der Waals surface area contributed by atoms with E-state index in [0.29, 0.717) is 6.04 Å². The Labute approximate surface area is 120 Å². The summed E-state index contributed by atoms with van der Waals surface area (Å²) in [5.41, 5.74) is 0. The molecule has 0 saturated heterocycles. The van der Waals surface area contributed by atoms with Gasteiger partial charge in [-0.2, -0.15) is 0 Å². The van der Waals surface area contributed by atoms with Gasteiger partial charge in [-0.15, -0.1) is 11.8 Å². The van der Waals surface area contributed by atoms with Gasteiger partial charge in [0.25, 0.3) is 0 Å². The Morgan fingerprint density at radius 2 is 1.95 bits per heavy atom. The van der Waals surface area contributed by atoms with Crippen LogP contribution in [0.15, 0.2) is 0 Å². The molecule has 1 saturated carbocycles. The lowest BCUT2D eigenvalue weighted by Gasteiger charge is -2.36. The summed E-state index contributed by atoms with van der Waals surface area (Å²) in [6, 6.07) is 0.615. The Kier molecular flexibility index (Phi) is 8.22. The van der Waals surface area contributed by atoms with E-state index in [1.807, 2.05) is 6.92 Å². The number of hydrogen-bond donors (Lipinski definition) is 1. The smallest absolute Gasteiger partial charge is 0.00913 e. The van der Waals surface area contributed by atoms with Crippen LogP contribution in [0.3, 0.4) is 0 Å². The molecular formula is C18H33N. The molecule has 0 bridgehead atoms. The lowest BCUT2D eigenvalue weighted by molar-refractivity contribution is 0.159. The molecule has 0 spiro atoms. The van der Waals surface area contributed by atoms with E-state index in [2.05, 4.69) is 37.9 Å². The van der Waals surface area contributed by atoms with Crippen molar-refractivity contribution >= 4 is 0 Å². The SMILES string of the molecule is CC#CCCC1CC(CCC)CCC1CNC(C)C. The van der Waals surface area contributed by atoms with E-state index in [1.54, 1.807) is 0 Å². The van der Waals surface area contributed by atoms with Crippen LogP contribution >= 0.6 is 0 Å². The minimum Gasteiger partial charge on any atom is -0.314 e. The quantitative estimate of drug-likeness (QED) is 0.661. The second-order valence-electron chi connectivity index (χ2n) is 6.52. The van der Waals surface area contributed by atoms with Gasteiger partial charge < -0.3 is 5.32 Å². The highest BCUT2D eigenvalue weighted by molar-refractivity contribution is 4.96. The van der Waals surface area contributed by atoms with Crippen LogP contribution in [0.2, 0.25) is 0 Å². The predicted octanol–water partition coefficient (Wildman–Crippen LogP) is 4.62. The summed E-state index contributed by atoms with van der Waals surface area (Å²) in [6.07, 6.45) is 9.51. The average molecular weight is 263 g/mol. The zero-order valence-corrected chi connectivity index (χ0v) is 13.5. The molecule has 0 heterocycles. The number of nitrogens with one attached hydrogen (secondary N) is 1. The molecule has 0 aromatic rings. The van der Waals surface area contributed by atoms with Crippen LogP contribution in [0.25, 0.3) is 0 Å². The van der Waals surface area contributed by atoms with Gasteiger partial charge in [-0.3, -0.25) is 0 Å². The van der Waals surface area contributed by atoms with Crippen LogP contribution in [0.4, 0.5) is 0 Å². The first-order valence-corrected chi connectivity index (χ1v) is 8.30. The summed E-state index contributed by atoms with van der Waals surface area (Å²) in [7, 11) is 0. The van der Waals surface area contributed by atoms with Gasteiger partial charge in [-0.25, -0.2) is 0 Å². The third-order valence-electron chi connectivity index (χ3n) is 4.55. The van der Waals surface area contributed by atoms with E-state index in [4.69, 9.17) is 0 Å². The molecule has 0 aromatic heterocycles. The molecule has 1 fully saturated rings. The zero-order valence-electron chi connectivity index (χ0n) is 13.5. The first-order valence-electron chi connectivity index (χ1n) is 8.30. The van der Waals surface area contributed by atoms with Crippen LogP contribution in [-0.2, 0) is 0 Å². The fourth-order valence-electron chi connectivity index (χ4n) is 3.49. The van der Waals surface area contributed by atoms with Crippen LogP contribution in [0, 0.1) is 29.6 Å². The van der Waals surface area contributed by atoms with Gasteiger partial charge in [0, 0.05) is 12.5 Å². The van der Waals surface area contributed by atoms with Crippen molar-refractivity contribution in [3.05, 3.63) is 0 Å². The van der Waals surface area contributed by atoms with Gasteiger partial charge >= 0.3 is 0 Å². The minimum absolute atomic E-state index is 0.615. The zero-order chi connectivity index (χ0) is 14.1. The van der Waals surface area contributed by atoms with Crippen molar-refractivity contribution < 1.29 is 0 Å². The van der Waals surface area contributed by atoms with E-state index in [0.717, 1.165) is 24.2 Å². The van der Waals surface area contributed by atoms with Gasteiger partial charge in [-0.1, -0.05) is 40.0 Å². The van der Waals surface area contributed by atoms with Crippen LogP contribution in [-0.4, -0.2) is 12.6 Å². The summed E-state index contributed by atoms with van der Waals surface area (Å²) in [5, 5.41) is 3.65. The standard InChI is InChI=1S/C18H33N/c1-5-7-8-10-17-13-16(9-6-2)11-12-18(17)14-19-15(3)4/h15-19H,6,8-14H2,1-4H3. The average Bonchev–Trinajstić information content (AvgIpc) is 2.38. The van der Waals surface area contributed by atoms with E-state index < -0.39 is 0 Å². The second kappa shape index (κ2) is 9.43. The molecule has 1 heteroatoms. The molecule has 3 unspecified atom stereocenters. The van der Waals surface area contributed by atoms with E-state index in [-0.39, 0.29) is 0 Å². The molecular weight excluding hydrogens is 230 g/mol. The third kappa shape index (κ3) is 6.48. The van der Waals surface area contributed by atoms with Gasteiger partial charge in [0.2, 0.25) is 0 Å². The van der Waals surface area contributed by atoms with Crippen molar-refractivity contribution in [3.63, 3.8) is 0 Å². The third-order valence-corrected chi connectivity index (χ3v) is 4.55. The summed E-state index contributed by atoms with van der Waals surface area (Å²) < 4.78 is 0. The molecule has 1 nitrogen and oxygen atoms in total. The monoisotopic (exact) mass is 263 g/mol. The molecule has 19 heavy (non-hydrogen) atoms. The predicted molar refractivity (Wildman–Crippen MR) is 85.1 cm³/mol. The molecule has 1 aliphatic rings. The van der Waals surface area contributed by atoms with Gasteiger partial charge in [-0.05, 0) is 50.5 Å². The highest BCUT2D eigenvalue weighted by Crippen LogP contribution is 2.38. The van der Waals surface area contributed by atoms with E-state index >= 15 is 0 Å². The van der Waals surface area contributed by atoms with Crippen molar-refractivity contribution in [2.24, 2.45) is 17.8 Å². The molecule has 1 aliphatic carbocycles. The molecule has 0 aliphatic heterocycles. The molecule has 1 rings (SSSR count). The summed E-state index contributed by atoms with van der Waals surface area (Å²) in [4.78, 5) is 0. The largest absolute Gasteiger partial charge is 0.314 e. The van der Waals surface area contributed by atoms with Crippen LogP contribution in [0.5, 0.6) is 0 Å². The lowest BCUT2D eigenvalue weighted by atomic mass is 9.71. The maximum Gasteiger partial charge on any atom is 0.00913 e. The van der Waals surface area contributed by atoms with Crippen molar-refractivity contribution in [3.8, 4) is 11.8 Å². The van der Waals surface area contributed by atoms with Crippen LogP contribution < -0.4 is 5.32 Å². The molecule has 3 atom stereocenters. The van der Waals surface area contributed by atoms with Gasteiger partial charge in [0.05, 0.1) is 0 Å². The molecule has 0 radical (unpaired) electrons. The van der Waals surface area contributed by atoms with Crippen molar-refractivity contribution in [1.29, 1.82) is 0 Å². The molecule has 0 amide bonds. The van der Waals surface area contributed by atoms with E-state index in [1.165, 1.54) is 45.1 Å². The van der Waals surface area contributed by atoms with Gasteiger partial charge in [0.1, 0.15) is 0 Å². The summed E-state index contributed by atoms with van der Waals surface area (Å²) in [6.45, 7) is 9.99. The Morgan fingerprint density at radius 1 is 1.16 bits per heavy atom. The van der Waals surface area contributed by atoms with Gasteiger partial charge in [0.15, 0.2) is 0 Å². The molecule has 110 valence electrons. The maximum atomic E-state index is 3.65. The number of hydrogen-bond acceptors (Lipinski definition) is 1. The highest BCUT2D eigenvalue weighted by atomic mass is 14.9. The van der Waals surface area contributed by atoms with E-state index in [9.17, 15) is 0 Å².